The molecule has 0 saturated heterocycles. The molecule has 5 heteroatoms. The zero-order chi connectivity index (χ0) is 11.3. The molecule has 0 aliphatic heterocycles. The summed E-state index contributed by atoms with van der Waals surface area (Å²) in [5.41, 5.74) is -0.424. The first-order chi connectivity index (χ1) is 7.13. The van der Waals surface area contributed by atoms with Crippen molar-refractivity contribution in [1.82, 2.24) is 9.78 Å². The quantitative estimate of drug-likeness (QED) is 0.773. The summed E-state index contributed by atoms with van der Waals surface area (Å²) in [7, 11) is 0. The molecular weight excluding hydrogens is 216 g/mol. The highest BCUT2D eigenvalue weighted by molar-refractivity contribution is 6.17. The van der Waals surface area contributed by atoms with Crippen molar-refractivity contribution in [1.29, 1.82) is 0 Å². The van der Waals surface area contributed by atoms with E-state index in [1.165, 1.54) is 16.8 Å². The van der Waals surface area contributed by atoms with Crippen LogP contribution in [0.4, 0.5) is 0 Å². The fourth-order valence-electron chi connectivity index (χ4n) is 1.31. The molecule has 1 unspecified atom stereocenters. The van der Waals surface area contributed by atoms with Gasteiger partial charge in [-0.2, -0.15) is 0 Å². The van der Waals surface area contributed by atoms with E-state index in [-0.39, 0.29) is 11.1 Å². The third-order valence-corrected chi connectivity index (χ3v) is 2.55. The number of halogens is 1. The van der Waals surface area contributed by atoms with Gasteiger partial charge >= 0.3 is 0 Å². The molecule has 1 rings (SSSR count). The van der Waals surface area contributed by atoms with Crippen molar-refractivity contribution in [2.45, 2.75) is 26.3 Å². The molecule has 15 heavy (non-hydrogen) atoms. The zero-order valence-electron chi connectivity index (χ0n) is 8.70. The molecule has 0 aliphatic carbocycles. The summed E-state index contributed by atoms with van der Waals surface area (Å²) in [6, 6.07) is 2.52. The van der Waals surface area contributed by atoms with E-state index >= 15 is 0 Å². The largest absolute Gasteiger partial charge is 0.268 e. The molecule has 0 saturated carbocycles. The topological polar surface area (TPSA) is 54.9 Å². The molecular formula is C10H15ClN2O2. The minimum atomic E-state index is -0.250. The third kappa shape index (κ3) is 3.91. The molecule has 0 fully saturated rings. The van der Waals surface area contributed by atoms with Crippen molar-refractivity contribution >= 4 is 11.6 Å². The summed E-state index contributed by atoms with van der Waals surface area (Å²) < 4.78 is 1.34. The lowest BCUT2D eigenvalue weighted by Crippen LogP contribution is -2.28. The molecule has 1 heterocycles. The second-order valence-electron chi connectivity index (χ2n) is 3.67. The maximum Gasteiger partial charge on any atom is 0.265 e. The van der Waals surface area contributed by atoms with E-state index in [1.807, 2.05) is 0 Å². The van der Waals surface area contributed by atoms with Crippen molar-refractivity contribution in [3.05, 3.63) is 32.8 Å². The number of rotatable bonds is 5. The van der Waals surface area contributed by atoms with Crippen molar-refractivity contribution in [2.75, 3.05) is 5.88 Å². The van der Waals surface area contributed by atoms with Crippen LogP contribution in [0.25, 0.3) is 0 Å². The Morgan fingerprint density at radius 2 is 2.13 bits per heavy atom. The fourth-order valence-corrected chi connectivity index (χ4v) is 1.68. The van der Waals surface area contributed by atoms with Gasteiger partial charge < -0.3 is 0 Å². The van der Waals surface area contributed by atoms with Gasteiger partial charge in [0.25, 0.3) is 11.1 Å². The van der Waals surface area contributed by atoms with Gasteiger partial charge in [-0.3, -0.25) is 19.4 Å². The molecule has 0 aromatic carbocycles. The van der Waals surface area contributed by atoms with Gasteiger partial charge in [-0.25, -0.2) is 0 Å². The number of nitrogens with one attached hydrogen (secondary N) is 1. The molecule has 0 radical (unpaired) electrons. The van der Waals surface area contributed by atoms with Crippen LogP contribution < -0.4 is 11.1 Å². The first-order valence-electron chi connectivity index (χ1n) is 4.99. The third-order valence-electron chi connectivity index (χ3n) is 2.34. The number of hydrogen-bond donors (Lipinski definition) is 1. The molecule has 4 nitrogen and oxygen atoms in total. The molecule has 84 valence electrons. The standard InChI is InChI=1S/C10H15ClN2O2/c1-8(4-6-11)5-7-13-10(15)3-2-9(14)12-13/h2-3,8H,4-7H2,1H3,(H,12,14). The first kappa shape index (κ1) is 12.0. The van der Waals surface area contributed by atoms with Crippen LogP contribution in [0.2, 0.25) is 0 Å². The average Bonchev–Trinajstić information content (AvgIpc) is 2.20. The SMILES string of the molecule is CC(CCCl)CCn1[nH]c(=O)ccc1=O. The summed E-state index contributed by atoms with van der Waals surface area (Å²) in [5, 5.41) is 2.49. The van der Waals surface area contributed by atoms with E-state index < -0.39 is 0 Å². The van der Waals surface area contributed by atoms with Gasteiger partial charge in [-0.05, 0) is 18.8 Å². The van der Waals surface area contributed by atoms with Gasteiger partial charge in [-0.15, -0.1) is 11.6 Å². The number of H-pyrrole nitrogens is 1. The molecule has 0 amide bonds. The van der Waals surface area contributed by atoms with E-state index in [1.54, 1.807) is 0 Å². The van der Waals surface area contributed by atoms with Crippen LogP contribution in [0.5, 0.6) is 0 Å². The average molecular weight is 231 g/mol. The second-order valence-corrected chi connectivity index (χ2v) is 4.05. The summed E-state index contributed by atoms with van der Waals surface area (Å²) in [6.45, 7) is 2.61. The minimum Gasteiger partial charge on any atom is -0.268 e. The Hall–Kier alpha value is -1.03. The summed E-state index contributed by atoms with van der Waals surface area (Å²) in [6.07, 6.45) is 1.76. The van der Waals surface area contributed by atoms with Crippen molar-refractivity contribution in [2.24, 2.45) is 5.92 Å². The monoisotopic (exact) mass is 230 g/mol. The molecule has 0 spiro atoms. The number of aromatic nitrogens is 2. The maximum atomic E-state index is 11.3. The van der Waals surface area contributed by atoms with Crippen LogP contribution in [-0.2, 0) is 6.54 Å². The van der Waals surface area contributed by atoms with Crippen LogP contribution in [0.15, 0.2) is 21.7 Å². The lowest BCUT2D eigenvalue weighted by Gasteiger charge is -2.10. The van der Waals surface area contributed by atoms with E-state index in [4.69, 9.17) is 11.6 Å². The Kier molecular flexibility index (Phi) is 4.62. The Labute approximate surface area is 92.9 Å². The molecule has 0 aliphatic rings. The van der Waals surface area contributed by atoms with Crippen molar-refractivity contribution in [3.8, 4) is 0 Å². The van der Waals surface area contributed by atoms with Gasteiger partial charge in [0.05, 0.1) is 0 Å². The summed E-state index contributed by atoms with van der Waals surface area (Å²) in [5.74, 6) is 1.08. The van der Waals surface area contributed by atoms with Crippen LogP contribution in [0.1, 0.15) is 19.8 Å². The molecule has 0 bridgehead atoms. The molecule has 1 atom stereocenters. The van der Waals surface area contributed by atoms with E-state index in [0.29, 0.717) is 18.3 Å². The number of hydrogen-bond acceptors (Lipinski definition) is 2. The highest BCUT2D eigenvalue weighted by atomic mass is 35.5. The Balaban J connectivity index is 2.61. The van der Waals surface area contributed by atoms with Crippen LogP contribution in [0.3, 0.4) is 0 Å². The lowest BCUT2D eigenvalue weighted by atomic mass is 10.1. The van der Waals surface area contributed by atoms with Crippen molar-refractivity contribution < 1.29 is 0 Å². The predicted octanol–water partition coefficient (Wildman–Crippen LogP) is 1.19. The molecule has 1 aromatic rings. The first-order valence-corrected chi connectivity index (χ1v) is 5.53. The van der Waals surface area contributed by atoms with Gasteiger partial charge in [0.15, 0.2) is 0 Å². The molecule has 1 aromatic heterocycles. The fraction of sp³-hybridized carbons (Fsp3) is 0.600. The Bertz CT molecular complexity index is 410. The van der Waals surface area contributed by atoms with E-state index in [9.17, 15) is 9.59 Å². The van der Waals surface area contributed by atoms with Crippen LogP contribution >= 0.6 is 11.6 Å². The van der Waals surface area contributed by atoms with Gasteiger partial charge in [-0.1, -0.05) is 6.92 Å². The highest BCUT2D eigenvalue weighted by Gasteiger charge is 2.02. The Morgan fingerprint density at radius 3 is 2.80 bits per heavy atom. The summed E-state index contributed by atoms with van der Waals surface area (Å²) >= 11 is 5.61. The van der Waals surface area contributed by atoms with Crippen molar-refractivity contribution in [3.63, 3.8) is 0 Å². The highest BCUT2D eigenvalue weighted by Crippen LogP contribution is 2.08. The number of aromatic amines is 1. The predicted molar refractivity (Wildman–Crippen MR) is 60.4 cm³/mol. The van der Waals surface area contributed by atoms with Gasteiger partial charge in [0.1, 0.15) is 0 Å². The number of nitrogens with zero attached hydrogens (tertiary/aromatic N) is 1. The smallest absolute Gasteiger partial charge is 0.265 e. The normalized spacial score (nSPS) is 12.7. The van der Waals surface area contributed by atoms with Crippen LogP contribution in [-0.4, -0.2) is 15.7 Å². The molecule has 1 N–H and O–H groups in total. The van der Waals surface area contributed by atoms with E-state index in [0.717, 1.165) is 12.8 Å². The lowest BCUT2D eigenvalue weighted by molar-refractivity contribution is 0.437. The second kappa shape index (κ2) is 5.75. The summed E-state index contributed by atoms with van der Waals surface area (Å²) in [4.78, 5) is 22.3. The van der Waals surface area contributed by atoms with Gasteiger partial charge in [0, 0.05) is 24.6 Å². The minimum absolute atomic E-state index is 0.173. The zero-order valence-corrected chi connectivity index (χ0v) is 9.46. The van der Waals surface area contributed by atoms with Crippen LogP contribution in [0, 0.1) is 5.92 Å². The van der Waals surface area contributed by atoms with Gasteiger partial charge in [0.2, 0.25) is 0 Å². The van der Waals surface area contributed by atoms with E-state index in [2.05, 4.69) is 12.0 Å². The maximum absolute atomic E-state index is 11.3. The number of aryl methyl sites for hydroxylation is 1. The number of alkyl halides is 1. The Morgan fingerprint density at radius 1 is 1.40 bits per heavy atom.